The number of rotatable bonds is 6. The molecule has 0 bridgehead atoms. The van der Waals surface area contributed by atoms with Crippen LogP contribution in [-0.2, 0) is 22.5 Å². The Morgan fingerprint density at radius 2 is 1.81 bits per heavy atom. The Kier molecular flexibility index (Phi) is 7.17. The zero-order valence-corrected chi connectivity index (χ0v) is 19.5. The summed E-state index contributed by atoms with van der Waals surface area (Å²) >= 11 is 6.42. The summed E-state index contributed by atoms with van der Waals surface area (Å²) in [6.45, 7) is 6.32. The average Bonchev–Trinajstić information content (AvgIpc) is 3.15. The molecule has 2 fully saturated rings. The highest BCUT2D eigenvalue weighted by Crippen LogP contribution is 2.33. The third-order valence-electron chi connectivity index (χ3n) is 7.10. The van der Waals surface area contributed by atoms with Crippen molar-refractivity contribution in [2.45, 2.75) is 51.7 Å². The molecule has 2 aromatic rings. The minimum Gasteiger partial charge on any atom is -0.447 e. The number of nitrogens with zero attached hydrogens (tertiary/aromatic N) is 2. The molecule has 0 aliphatic carbocycles. The Morgan fingerprint density at radius 3 is 2.56 bits per heavy atom. The molecule has 2 heterocycles. The predicted molar refractivity (Wildman–Crippen MR) is 125 cm³/mol. The molecular weight excluding hydrogens is 424 g/mol. The maximum Gasteiger partial charge on any atom is 0.416 e. The third-order valence-corrected chi connectivity index (χ3v) is 7.47. The second-order valence-electron chi connectivity index (χ2n) is 9.14. The molecule has 2 saturated heterocycles. The summed E-state index contributed by atoms with van der Waals surface area (Å²) in [6, 6.07) is 17.6. The van der Waals surface area contributed by atoms with Crippen LogP contribution in [0.5, 0.6) is 0 Å². The number of imide groups is 1. The number of amides is 2. The van der Waals surface area contributed by atoms with Gasteiger partial charge >= 0.3 is 6.09 Å². The number of carbonyl (C=O) groups excluding carboxylic acids is 2. The Hall–Kier alpha value is -2.37. The fourth-order valence-electron chi connectivity index (χ4n) is 4.95. The average molecular weight is 455 g/mol. The zero-order valence-electron chi connectivity index (χ0n) is 18.7. The van der Waals surface area contributed by atoms with E-state index in [2.05, 4.69) is 18.7 Å². The van der Waals surface area contributed by atoms with Crippen molar-refractivity contribution >= 4 is 23.6 Å². The Morgan fingerprint density at radius 1 is 1.09 bits per heavy atom. The molecule has 6 heteroatoms. The smallest absolute Gasteiger partial charge is 0.416 e. The lowest BCUT2D eigenvalue weighted by molar-refractivity contribution is -0.131. The monoisotopic (exact) mass is 454 g/mol. The second-order valence-corrected chi connectivity index (χ2v) is 9.55. The van der Waals surface area contributed by atoms with Crippen molar-refractivity contribution in [1.29, 1.82) is 0 Å². The van der Waals surface area contributed by atoms with Gasteiger partial charge in [0.05, 0.1) is 6.04 Å². The fourth-order valence-corrected chi connectivity index (χ4v) is 5.14. The Balaban J connectivity index is 1.50. The summed E-state index contributed by atoms with van der Waals surface area (Å²) in [5.41, 5.74) is 2.16. The summed E-state index contributed by atoms with van der Waals surface area (Å²) < 4.78 is 5.28. The quantitative estimate of drug-likeness (QED) is 0.604. The first kappa shape index (κ1) is 22.8. The molecule has 2 amide bonds. The normalized spacial score (nSPS) is 26.2. The van der Waals surface area contributed by atoms with Crippen LogP contribution < -0.4 is 0 Å². The van der Waals surface area contributed by atoms with Crippen LogP contribution in [0.4, 0.5) is 4.79 Å². The van der Waals surface area contributed by atoms with E-state index >= 15 is 0 Å². The number of benzene rings is 2. The van der Waals surface area contributed by atoms with Crippen molar-refractivity contribution in [2.24, 2.45) is 11.8 Å². The van der Waals surface area contributed by atoms with Crippen LogP contribution in [-0.4, -0.2) is 47.0 Å². The Bertz CT molecular complexity index is 951. The van der Waals surface area contributed by atoms with E-state index in [1.807, 2.05) is 54.6 Å². The van der Waals surface area contributed by atoms with Gasteiger partial charge in [0.15, 0.2) is 0 Å². The van der Waals surface area contributed by atoms with Gasteiger partial charge in [0.2, 0.25) is 5.91 Å². The van der Waals surface area contributed by atoms with Gasteiger partial charge in [0, 0.05) is 24.0 Å². The number of likely N-dealkylation sites (tertiary alicyclic amines) is 1. The van der Waals surface area contributed by atoms with E-state index in [-0.39, 0.29) is 24.6 Å². The van der Waals surface area contributed by atoms with E-state index in [1.165, 1.54) is 4.90 Å². The largest absolute Gasteiger partial charge is 0.447 e. The molecule has 32 heavy (non-hydrogen) atoms. The maximum atomic E-state index is 13.4. The van der Waals surface area contributed by atoms with Crippen LogP contribution in [0, 0.1) is 11.8 Å². The first-order valence-electron chi connectivity index (χ1n) is 11.4. The molecule has 0 spiro atoms. The van der Waals surface area contributed by atoms with E-state index in [4.69, 9.17) is 16.3 Å². The number of hydrogen-bond acceptors (Lipinski definition) is 4. The van der Waals surface area contributed by atoms with Crippen LogP contribution >= 0.6 is 11.6 Å². The van der Waals surface area contributed by atoms with Gasteiger partial charge in [-0.05, 0) is 48.4 Å². The number of halogens is 1. The lowest BCUT2D eigenvalue weighted by Gasteiger charge is -2.43. The molecule has 5 nitrogen and oxygen atoms in total. The first-order valence-corrected chi connectivity index (χ1v) is 11.8. The van der Waals surface area contributed by atoms with Crippen molar-refractivity contribution in [3.05, 3.63) is 70.7 Å². The molecule has 4 rings (SSSR count). The number of hydrogen-bond donors (Lipinski definition) is 0. The Labute approximate surface area is 195 Å². The lowest BCUT2D eigenvalue weighted by Crippen LogP contribution is -2.50. The highest BCUT2D eigenvalue weighted by molar-refractivity contribution is 6.31. The lowest BCUT2D eigenvalue weighted by atomic mass is 9.80. The van der Waals surface area contributed by atoms with Gasteiger partial charge in [0.1, 0.15) is 6.61 Å². The molecule has 4 atom stereocenters. The molecule has 0 radical (unpaired) electrons. The third kappa shape index (κ3) is 5.00. The number of ether oxygens (including phenoxy) is 1. The van der Waals surface area contributed by atoms with E-state index in [0.717, 1.165) is 29.1 Å². The molecule has 0 aromatic heterocycles. The minimum atomic E-state index is -0.523. The van der Waals surface area contributed by atoms with Crippen molar-refractivity contribution in [3.8, 4) is 0 Å². The van der Waals surface area contributed by atoms with E-state index < -0.39 is 6.09 Å². The maximum absolute atomic E-state index is 13.4. The second kappa shape index (κ2) is 10.1. The highest BCUT2D eigenvalue weighted by atomic mass is 35.5. The zero-order chi connectivity index (χ0) is 22.7. The van der Waals surface area contributed by atoms with E-state index in [9.17, 15) is 9.59 Å². The van der Waals surface area contributed by atoms with Gasteiger partial charge in [-0.3, -0.25) is 9.69 Å². The topological polar surface area (TPSA) is 49.9 Å². The molecule has 0 unspecified atom stereocenters. The predicted octanol–water partition coefficient (Wildman–Crippen LogP) is 5.17. The number of piperidine rings is 1. The number of carbonyl (C=O) groups is 2. The molecule has 0 saturated carbocycles. The number of cyclic esters (lactones) is 1. The molecule has 2 aliphatic heterocycles. The SMILES string of the molecule is C[C@H]1[C@H](C)CCN(Cc2ccccc2Cl)[C@H]1CC(=O)N1C(=O)OC[C@@H]1Cc1ccccc1. The molecule has 0 N–H and O–H groups in total. The van der Waals surface area contributed by atoms with Gasteiger partial charge in [-0.2, -0.15) is 0 Å². The highest BCUT2D eigenvalue weighted by Gasteiger charge is 2.41. The molecular formula is C26H31ClN2O3. The summed E-state index contributed by atoms with van der Waals surface area (Å²) in [5.74, 6) is 0.700. The van der Waals surface area contributed by atoms with Crippen LogP contribution in [0.3, 0.4) is 0 Å². The van der Waals surface area contributed by atoms with Crippen LogP contribution in [0.1, 0.15) is 37.8 Å². The van der Waals surface area contributed by atoms with Gasteiger partial charge in [-0.25, -0.2) is 9.69 Å². The molecule has 170 valence electrons. The summed E-state index contributed by atoms with van der Waals surface area (Å²) in [7, 11) is 0. The summed E-state index contributed by atoms with van der Waals surface area (Å²) in [5, 5.41) is 0.745. The minimum absolute atomic E-state index is 0.0494. The van der Waals surface area contributed by atoms with Crippen LogP contribution in [0.25, 0.3) is 0 Å². The van der Waals surface area contributed by atoms with Gasteiger partial charge in [-0.1, -0.05) is 74.0 Å². The van der Waals surface area contributed by atoms with Crippen molar-refractivity contribution < 1.29 is 14.3 Å². The van der Waals surface area contributed by atoms with Crippen LogP contribution in [0.15, 0.2) is 54.6 Å². The van der Waals surface area contributed by atoms with Gasteiger partial charge in [-0.15, -0.1) is 0 Å². The first-order chi connectivity index (χ1) is 15.4. The van der Waals surface area contributed by atoms with Crippen molar-refractivity contribution in [1.82, 2.24) is 9.80 Å². The van der Waals surface area contributed by atoms with E-state index in [1.54, 1.807) is 0 Å². The molecule has 2 aromatic carbocycles. The van der Waals surface area contributed by atoms with E-state index in [0.29, 0.717) is 31.2 Å². The van der Waals surface area contributed by atoms with Gasteiger partial charge in [0.25, 0.3) is 0 Å². The van der Waals surface area contributed by atoms with Gasteiger partial charge < -0.3 is 4.74 Å². The standard InChI is InChI=1S/C26H31ClN2O3/c1-18-12-13-28(16-21-10-6-7-11-23(21)27)24(19(18)2)15-25(30)29-22(17-32-26(29)31)14-20-8-4-3-5-9-20/h3-11,18-19,22,24H,12-17H2,1-2H3/t18-,19+,22+,24+/m1/s1. The van der Waals surface area contributed by atoms with Crippen molar-refractivity contribution in [2.75, 3.05) is 13.2 Å². The summed E-state index contributed by atoms with van der Waals surface area (Å²) in [4.78, 5) is 29.6. The summed E-state index contributed by atoms with van der Waals surface area (Å²) in [6.07, 6.45) is 1.47. The van der Waals surface area contributed by atoms with Crippen LogP contribution in [0.2, 0.25) is 5.02 Å². The van der Waals surface area contributed by atoms with Crippen molar-refractivity contribution in [3.63, 3.8) is 0 Å². The molecule has 2 aliphatic rings. The fraction of sp³-hybridized carbons (Fsp3) is 0.462.